The first kappa shape index (κ1) is 19.2. The van der Waals surface area contributed by atoms with Crippen LogP contribution in [-0.4, -0.2) is 44.7 Å². The van der Waals surface area contributed by atoms with Crippen LogP contribution in [0.2, 0.25) is 0 Å². The highest BCUT2D eigenvalue weighted by Gasteiger charge is 2.23. The highest BCUT2D eigenvalue weighted by Crippen LogP contribution is 2.39. The maximum Gasteiger partial charge on any atom is 0.325 e. The molecule has 0 amide bonds. The Hall–Kier alpha value is -2.60. The van der Waals surface area contributed by atoms with Crippen LogP contribution < -0.4 is 10.1 Å². The van der Waals surface area contributed by atoms with Crippen molar-refractivity contribution in [1.29, 1.82) is 0 Å². The molecule has 0 radical (unpaired) electrons. The quantitative estimate of drug-likeness (QED) is 0.787. The third-order valence-electron chi connectivity index (χ3n) is 5.04. The third-order valence-corrected chi connectivity index (χ3v) is 5.04. The lowest BCUT2D eigenvalue weighted by Crippen LogP contribution is -2.31. The van der Waals surface area contributed by atoms with Gasteiger partial charge in [0.25, 0.3) is 0 Å². The van der Waals surface area contributed by atoms with Crippen LogP contribution >= 0.6 is 0 Å². The van der Waals surface area contributed by atoms with Gasteiger partial charge in [0.1, 0.15) is 18.1 Å². The zero-order chi connectivity index (χ0) is 19.4. The lowest BCUT2D eigenvalue weighted by Gasteiger charge is -2.31. The Morgan fingerprint density at radius 3 is 2.70 bits per heavy atom. The van der Waals surface area contributed by atoms with Crippen molar-refractivity contribution < 1.29 is 18.7 Å². The molecule has 3 rings (SSSR count). The van der Waals surface area contributed by atoms with E-state index in [9.17, 15) is 9.18 Å². The first-order valence-corrected chi connectivity index (χ1v) is 9.09. The Balaban J connectivity index is 2.07. The predicted octanol–water partition coefficient (Wildman–Crippen LogP) is 3.46. The van der Waals surface area contributed by atoms with Crippen LogP contribution in [0.25, 0.3) is 11.1 Å². The lowest BCUT2D eigenvalue weighted by molar-refractivity contribution is -0.138. The predicted molar refractivity (Wildman–Crippen MR) is 104 cm³/mol. The van der Waals surface area contributed by atoms with Gasteiger partial charge in [-0.25, -0.2) is 4.39 Å². The van der Waals surface area contributed by atoms with Crippen LogP contribution in [0.4, 0.5) is 10.1 Å². The molecule has 0 bridgehead atoms. The van der Waals surface area contributed by atoms with Crippen LogP contribution in [0.3, 0.4) is 0 Å². The minimum atomic E-state index is -0.317. The van der Waals surface area contributed by atoms with Gasteiger partial charge in [-0.05, 0) is 53.9 Å². The molecule has 0 aliphatic carbocycles. The maximum absolute atomic E-state index is 13.9. The summed E-state index contributed by atoms with van der Waals surface area (Å²) in [7, 11) is 2.96. The number of anilines is 1. The van der Waals surface area contributed by atoms with Crippen molar-refractivity contribution in [1.82, 2.24) is 4.90 Å². The van der Waals surface area contributed by atoms with E-state index in [1.807, 2.05) is 12.1 Å². The molecule has 1 aliphatic heterocycles. The number of carbonyl (C=O) groups is 1. The fourth-order valence-electron chi connectivity index (χ4n) is 3.55. The molecule has 1 N–H and O–H groups in total. The molecule has 0 fully saturated rings. The zero-order valence-corrected chi connectivity index (χ0v) is 16.0. The topological polar surface area (TPSA) is 50.8 Å². The van der Waals surface area contributed by atoms with Crippen LogP contribution in [-0.2, 0) is 22.5 Å². The van der Waals surface area contributed by atoms with E-state index in [1.165, 1.54) is 24.8 Å². The number of esters is 1. The molecular weight excluding hydrogens is 347 g/mol. The van der Waals surface area contributed by atoms with Crippen LogP contribution in [0, 0.1) is 5.82 Å². The fourth-order valence-corrected chi connectivity index (χ4v) is 3.55. The molecule has 0 aromatic heterocycles. The molecule has 2 aromatic carbocycles. The molecule has 0 spiro atoms. The minimum absolute atomic E-state index is 0.109. The lowest BCUT2D eigenvalue weighted by atomic mass is 9.89. The number of benzene rings is 2. The highest BCUT2D eigenvalue weighted by molar-refractivity contribution is 5.80. The number of carbonyl (C=O) groups excluding carboxylic acids is 1. The van der Waals surface area contributed by atoms with Crippen LogP contribution in [0.15, 0.2) is 30.3 Å². The monoisotopic (exact) mass is 372 g/mol. The second kappa shape index (κ2) is 8.39. The van der Waals surface area contributed by atoms with E-state index in [2.05, 4.69) is 17.1 Å². The SMILES string of the molecule is CCN1CCc2c(-c3cc(F)ccc3OC)ccc(NCC(=O)OC)c2C1. The van der Waals surface area contributed by atoms with Gasteiger partial charge in [-0.15, -0.1) is 0 Å². The van der Waals surface area contributed by atoms with Gasteiger partial charge >= 0.3 is 5.97 Å². The van der Waals surface area contributed by atoms with Gasteiger partial charge < -0.3 is 14.8 Å². The number of nitrogens with zero attached hydrogens (tertiary/aromatic N) is 1. The number of nitrogens with one attached hydrogen (secondary N) is 1. The second-order valence-electron chi connectivity index (χ2n) is 6.51. The molecule has 0 saturated carbocycles. The highest BCUT2D eigenvalue weighted by atomic mass is 19.1. The van der Waals surface area contributed by atoms with Gasteiger partial charge in [0.15, 0.2) is 0 Å². The molecule has 1 aliphatic rings. The van der Waals surface area contributed by atoms with Crippen molar-refractivity contribution in [3.63, 3.8) is 0 Å². The number of hydrogen-bond donors (Lipinski definition) is 1. The Morgan fingerprint density at radius 2 is 2.00 bits per heavy atom. The van der Waals surface area contributed by atoms with E-state index in [1.54, 1.807) is 13.2 Å². The van der Waals surface area contributed by atoms with Crippen molar-refractivity contribution in [2.45, 2.75) is 19.9 Å². The molecule has 0 unspecified atom stereocenters. The zero-order valence-electron chi connectivity index (χ0n) is 16.0. The summed E-state index contributed by atoms with van der Waals surface area (Å²) in [5.41, 5.74) is 4.93. The maximum atomic E-state index is 13.9. The number of ether oxygens (including phenoxy) is 2. The summed E-state index contributed by atoms with van der Waals surface area (Å²) in [6.07, 6.45) is 0.853. The Kier molecular flexibility index (Phi) is 5.96. The minimum Gasteiger partial charge on any atom is -0.496 e. The normalized spacial score (nSPS) is 13.8. The third kappa shape index (κ3) is 4.06. The summed E-state index contributed by atoms with van der Waals surface area (Å²) in [6.45, 7) is 4.91. The van der Waals surface area contributed by atoms with Gasteiger partial charge in [-0.3, -0.25) is 9.69 Å². The number of methoxy groups -OCH3 is 2. The molecule has 0 atom stereocenters. The molecule has 27 heavy (non-hydrogen) atoms. The van der Waals surface area contributed by atoms with Gasteiger partial charge in [0.05, 0.1) is 14.2 Å². The molecular formula is C21H25FN2O3. The van der Waals surface area contributed by atoms with E-state index in [0.29, 0.717) is 5.75 Å². The van der Waals surface area contributed by atoms with E-state index >= 15 is 0 Å². The largest absolute Gasteiger partial charge is 0.496 e. The summed E-state index contributed by atoms with van der Waals surface area (Å²) < 4.78 is 24.1. The van der Waals surface area contributed by atoms with E-state index in [4.69, 9.17) is 9.47 Å². The summed E-state index contributed by atoms with van der Waals surface area (Å²) >= 11 is 0. The molecule has 6 heteroatoms. The Bertz CT molecular complexity index is 838. The molecule has 0 saturated heterocycles. The first-order valence-electron chi connectivity index (χ1n) is 9.09. The van der Waals surface area contributed by atoms with Crippen molar-refractivity contribution in [3.8, 4) is 16.9 Å². The van der Waals surface area contributed by atoms with Crippen LogP contribution in [0.5, 0.6) is 5.75 Å². The Morgan fingerprint density at radius 1 is 1.19 bits per heavy atom. The van der Waals surface area contributed by atoms with E-state index < -0.39 is 0 Å². The average molecular weight is 372 g/mol. The standard InChI is InChI=1S/C21H25FN2O3/c1-4-24-10-9-16-15(17-11-14(22)5-8-20(17)26-2)6-7-19(18(16)13-24)23-12-21(25)27-3/h5-8,11,23H,4,9-10,12-13H2,1-3H3. The number of fused-ring (bicyclic) bond motifs is 1. The van der Waals surface area contributed by atoms with Crippen molar-refractivity contribution >= 4 is 11.7 Å². The van der Waals surface area contributed by atoms with Gasteiger partial charge in [0, 0.05) is 24.3 Å². The van der Waals surface area contributed by atoms with Crippen LogP contribution in [0.1, 0.15) is 18.1 Å². The number of halogens is 1. The van der Waals surface area contributed by atoms with Gasteiger partial charge in [0.2, 0.25) is 0 Å². The first-order chi connectivity index (χ1) is 13.1. The van der Waals surface area contributed by atoms with Crippen molar-refractivity contribution in [2.75, 3.05) is 39.2 Å². The summed E-state index contributed by atoms with van der Waals surface area (Å²) in [4.78, 5) is 13.9. The van der Waals surface area contributed by atoms with Crippen molar-refractivity contribution in [3.05, 3.63) is 47.3 Å². The van der Waals surface area contributed by atoms with Crippen molar-refractivity contribution in [2.24, 2.45) is 0 Å². The smallest absolute Gasteiger partial charge is 0.325 e. The molecule has 2 aromatic rings. The molecule has 5 nitrogen and oxygen atoms in total. The number of rotatable bonds is 6. The summed E-state index contributed by atoms with van der Waals surface area (Å²) in [5.74, 6) is 0.0352. The second-order valence-corrected chi connectivity index (χ2v) is 6.51. The van der Waals surface area contributed by atoms with E-state index in [-0.39, 0.29) is 18.3 Å². The van der Waals surface area contributed by atoms with Gasteiger partial charge in [-0.2, -0.15) is 0 Å². The summed E-state index contributed by atoms with van der Waals surface area (Å²) in [5, 5.41) is 3.18. The van der Waals surface area contributed by atoms with E-state index in [0.717, 1.165) is 48.4 Å². The van der Waals surface area contributed by atoms with Gasteiger partial charge in [-0.1, -0.05) is 13.0 Å². The Labute approximate surface area is 159 Å². The average Bonchev–Trinajstić information content (AvgIpc) is 2.71. The molecule has 144 valence electrons. The fraction of sp³-hybridized carbons (Fsp3) is 0.381. The number of likely N-dealkylation sites (N-methyl/N-ethyl adjacent to an activating group) is 1. The molecule has 1 heterocycles. The summed E-state index contributed by atoms with van der Waals surface area (Å²) in [6, 6.07) is 8.49. The number of hydrogen-bond acceptors (Lipinski definition) is 5.